The van der Waals surface area contributed by atoms with Crippen molar-refractivity contribution in [3.8, 4) is 11.3 Å². The number of benzene rings is 1. The summed E-state index contributed by atoms with van der Waals surface area (Å²) >= 11 is 10.5. The van der Waals surface area contributed by atoms with Gasteiger partial charge in [-0.25, -0.2) is 13.5 Å². The highest BCUT2D eigenvalue weighted by Crippen LogP contribution is 2.68. The molecule has 3 aromatic rings. The van der Waals surface area contributed by atoms with Crippen LogP contribution in [0.5, 0.6) is 0 Å². The zero-order valence-electron chi connectivity index (χ0n) is 18.0. The van der Waals surface area contributed by atoms with Gasteiger partial charge in [0.2, 0.25) is 0 Å². The maximum atomic E-state index is 14.0. The molecule has 5 unspecified atom stereocenters. The van der Waals surface area contributed by atoms with Crippen molar-refractivity contribution in [2.45, 2.75) is 40.3 Å². The smallest absolute Gasteiger partial charge is 0.145 e. The molecular formula is C22H18BrClF2N4O4S. The first-order valence-electron chi connectivity index (χ1n) is 10.7. The molecule has 3 fully saturated rings. The van der Waals surface area contributed by atoms with Crippen molar-refractivity contribution in [2.75, 3.05) is 13.7 Å². The molecule has 8 nitrogen and oxygen atoms in total. The molecule has 1 aliphatic carbocycles. The Labute approximate surface area is 216 Å². The average Bonchev–Trinajstić information content (AvgIpc) is 3.10. The average molecular weight is 588 g/mol. The van der Waals surface area contributed by atoms with Crippen LogP contribution in [0.1, 0.15) is 6.04 Å². The van der Waals surface area contributed by atoms with Crippen LogP contribution in [-0.4, -0.2) is 68.2 Å². The second-order valence-corrected chi connectivity index (χ2v) is 11.1. The van der Waals surface area contributed by atoms with Crippen LogP contribution < -0.4 is 0 Å². The minimum atomic E-state index is -0.882. The van der Waals surface area contributed by atoms with E-state index in [4.69, 9.17) is 25.8 Å². The van der Waals surface area contributed by atoms with E-state index >= 15 is 0 Å². The minimum absolute atomic E-state index is 0.110. The van der Waals surface area contributed by atoms with Gasteiger partial charge < -0.3 is 19.3 Å². The third kappa shape index (κ3) is 3.73. The van der Waals surface area contributed by atoms with Crippen LogP contribution in [0, 0.1) is 17.6 Å². The van der Waals surface area contributed by atoms with Gasteiger partial charge in [0.1, 0.15) is 51.7 Å². The largest absolute Gasteiger partial charge is 0.388 e. The lowest BCUT2D eigenvalue weighted by Crippen LogP contribution is -2.49. The van der Waals surface area contributed by atoms with Gasteiger partial charge in [-0.05, 0) is 34.1 Å². The lowest BCUT2D eigenvalue weighted by atomic mass is 10.0. The molecule has 4 heterocycles. The summed E-state index contributed by atoms with van der Waals surface area (Å²) in [5.41, 5.74) is -0.816. The zero-order chi connectivity index (χ0) is 24.5. The third-order valence-corrected chi connectivity index (χ3v) is 8.60. The number of pyridine rings is 1. The predicted octanol–water partition coefficient (Wildman–Crippen LogP) is 3.87. The Morgan fingerprint density at radius 3 is 2.77 bits per heavy atom. The first kappa shape index (κ1) is 23.7. The fraction of sp³-hybridized carbons (Fsp3) is 0.409. The van der Waals surface area contributed by atoms with Crippen LogP contribution >= 0.6 is 39.3 Å². The van der Waals surface area contributed by atoms with E-state index in [2.05, 4.69) is 31.2 Å². The fourth-order valence-corrected chi connectivity index (χ4v) is 7.02. The van der Waals surface area contributed by atoms with E-state index in [9.17, 15) is 13.9 Å². The Bertz CT molecular complexity index is 1280. The van der Waals surface area contributed by atoms with Crippen LogP contribution in [0.3, 0.4) is 0 Å². The van der Waals surface area contributed by atoms with Gasteiger partial charge in [0, 0.05) is 40.4 Å². The standard InChI is InChI=1S/C22H18BrClF2N4O4S/c1-32-18-16-19(30-7-14(28-29-30)9-2-12(25)17(24)13(26)3-9)22(16)20(15(31)8-33-22)34-21(18)35-11-4-10(23)5-27-6-11/h2-7,15-16,18-21,31H,8H2,1H3/t15?,16-,18?,19?,20?,21+,22?/m0/s1. The maximum Gasteiger partial charge on any atom is 0.145 e. The lowest BCUT2D eigenvalue weighted by Gasteiger charge is -2.36. The summed E-state index contributed by atoms with van der Waals surface area (Å²) in [4.78, 5) is 5.07. The Kier molecular flexibility index (Phi) is 5.91. The van der Waals surface area contributed by atoms with E-state index in [1.807, 2.05) is 6.07 Å². The number of hydrogen-bond donors (Lipinski definition) is 1. The Hall–Kier alpha value is -1.67. The van der Waals surface area contributed by atoms with Crippen LogP contribution in [-0.2, 0) is 14.2 Å². The molecule has 1 saturated carbocycles. The van der Waals surface area contributed by atoms with Crippen molar-refractivity contribution < 1.29 is 28.1 Å². The van der Waals surface area contributed by atoms with Gasteiger partial charge in [-0.2, -0.15) is 0 Å². The van der Waals surface area contributed by atoms with Gasteiger partial charge in [0.15, 0.2) is 0 Å². The molecule has 35 heavy (non-hydrogen) atoms. The summed E-state index contributed by atoms with van der Waals surface area (Å²) in [6, 6.07) is 3.78. The molecule has 2 saturated heterocycles. The Balaban J connectivity index is 1.33. The summed E-state index contributed by atoms with van der Waals surface area (Å²) in [5.74, 6) is -1.96. The summed E-state index contributed by atoms with van der Waals surface area (Å²) in [6.07, 6.45) is 3.18. The fourth-order valence-electron chi connectivity index (χ4n) is 5.22. The van der Waals surface area contributed by atoms with Gasteiger partial charge >= 0.3 is 0 Å². The number of aliphatic hydroxyl groups is 1. The van der Waals surface area contributed by atoms with E-state index < -0.39 is 46.0 Å². The molecule has 3 aliphatic rings. The number of aromatic nitrogens is 4. The van der Waals surface area contributed by atoms with Crippen molar-refractivity contribution in [2.24, 2.45) is 5.92 Å². The van der Waals surface area contributed by atoms with E-state index in [0.29, 0.717) is 0 Å². The molecule has 0 bridgehead atoms. The monoisotopic (exact) mass is 586 g/mol. The number of hydrogen-bond acceptors (Lipinski definition) is 8. The van der Waals surface area contributed by atoms with Crippen molar-refractivity contribution in [1.82, 2.24) is 20.0 Å². The predicted molar refractivity (Wildman–Crippen MR) is 125 cm³/mol. The summed E-state index contributed by atoms with van der Waals surface area (Å²) in [7, 11) is 1.60. The number of aliphatic hydroxyl groups excluding tert-OH is 1. The number of nitrogens with zero attached hydrogens (tertiary/aromatic N) is 4. The second-order valence-electron chi connectivity index (χ2n) is 8.62. The van der Waals surface area contributed by atoms with Crippen LogP contribution in [0.15, 0.2) is 46.2 Å². The van der Waals surface area contributed by atoms with E-state index in [1.165, 1.54) is 11.8 Å². The molecule has 1 aromatic carbocycles. The normalized spacial score (nSPS) is 33.4. The van der Waals surface area contributed by atoms with Crippen molar-refractivity contribution >= 4 is 39.3 Å². The summed E-state index contributed by atoms with van der Waals surface area (Å²) in [6.45, 7) is 0.110. The summed E-state index contributed by atoms with van der Waals surface area (Å²) in [5, 5.41) is 18.4. The zero-order valence-corrected chi connectivity index (χ0v) is 21.2. The molecule has 6 rings (SSSR count). The lowest BCUT2D eigenvalue weighted by molar-refractivity contribution is -0.146. The molecular weight excluding hydrogens is 570 g/mol. The molecule has 2 aromatic heterocycles. The molecule has 2 aliphatic heterocycles. The number of ether oxygens (including phenoxy) is 3. The van der Waals surface area contributed by atoms with Crippen molar-refractivity contribution in [1.29, 1.82) is 0 Å². The third-order valence-electron chi connectivity index (χ3n) is 6.69. The van der Waals surface area contributed by atoms with Crippen LogP contribution in [0.4, 0.5) is 8.78 Å². The van der Waals surface area contributed by atoms with E-state index in [1.54, 1.807) is 30.4 Å². The topological polar surface area (TPSA) is 91.5 Å². The van der Waals surface area contributed by atoms with Crippen LogP contribution in [0.25, 0.3) is 11.3 Å². The van der Waals surface area contributed by atoms with E-state index in [0.717, 1.165) is 21.5 Å². The molecule has 1 N–H and O–H groups in total. The quantitative estimate of drug-likeness (QED) is 0.450. The number of halogens is 4. The molecule has 1 spiro atoms. The minimum Gasteiger partial charge on any atom is -0.388 e. The highest BCUT2D eigenvalue weighted by atomic mass is 79.9. The van der Waals surface area contributed by atoms with Crippen LogP contribution in [0.2, 0.25) is 5.02 Å². The molecule has 0 amide bonds. The highest BCUT2D eigenvalue weighted by molar-refractivity contribution is 9.10. The number of thioether (sulfide) groups is 1. The second kappa shape index (κ2) is 8.72. The molecule has 184 valence electrons. The molecule has 7 atom stereocenters. The Morgan fingerprint density at radius 1 is 1.29 bits per heavy atom. The maximum absolute atomic E-state index is 14.0. The molecule has 0 radical (unpaired) electrons. The number of rotatable bonds is 5. The first-order valence-corrected chi connectivity index (χ1v) is 12.7. The van der Waals surface area contributed by atoms with Gasteiger partial charge in [-0.3, -0.25) is 4.98 Å². The SMILES string of the molecule is COC1[C@H]2C(n3cc(-c4cc(F)c(Cl)c(F)c4)nn3)C23OCC(O)C3O[C@@H]1Sc1cncc(Br)c1. The summed E-state index contributed by atoms with van der Waals surface area (Å²) < 4.78 is 48.7. The Morgan fingerprint density at radius 2 is 2.06 bits per heavy atom. The van der Waals surface area contributed by atoms with Gasteiger partial charge in [0.05, 0.1) is 18.8 Å². The van der Waals surface area contributed by atoms with Crippen molar-refractivity contribution in [3.05, 3.63) is 57.9 Å². The van der Waals surface area contributed by atoms with Gasteiger partial charge in [-0.1, -0.05) is 28.6 Å². The van der Waals surface area contributed by atoms with E-state index in [-0.39, 0.29) is 29.8 Å². The van der Waals surface area contributed by atoms with Crippen molar-refractivity contribution in [3.63, 3.8) is 0 Å². The first-order chi connectivity index (χ1) is 16.8. The highest BCUT2D eigenvalue weighted by Gasteiger charge is 2.81. The van der Waals surface area contributed by atoms with Gasteiger partial charge in [0.25, 0.3) is 0 Å². The van der Waals surface area contributed by atoms with Gasteiger partial charge in [-0.15, -0.1) is 5.10 Å². The number of methoxy groups -OCH3 is 1. The molecule has 13 heteroatoms.